The summed E-state index contributed by atoms with van der Waals surface area (Å²) in [6.45, 7) is 1.65. The summed E-state index contributed by atoms with van der Waals surface area (Å²) in [6.07, 6.45) is 6.73. The lowest BCUT2D eigenvalue weighted by molar-refractivity contribution is -0.137. The summed E-state index contributed by atoms with van der Waals surface area (Å²) in [5.74, 6) is -0.368. The number of carbonyl (C=O) groups excluding carboxylic acids is 2. The summed E-state index contributed by atoms with van der Waals surface area (Å²) in [4.78, 5) is 28.6. The van der Waals surface area contributed by atoms with Crippen LogP contribution in [0.4, 0.5) is 0 Å². The minimum atomic E-state index is -0.874. The van der Waals surface area contributed by atoms with E-state index in [4.69, 9.17) is 4.74 Å². The third kappa shape index (κ3) is 3.27. The number of aromatic nitrogens is 1. The van der Waals surface area contributed by atoms with Gasteiger partial charge >= 0.3 is 0 Å². The van der Waals surface area contributed by atoms with Gasteiger partial charge in [-0.25, -0.2) is 0 Å². The van der Waals surface area contributed by atoms with Crippen molar-refractivity contribution in [3.8, 4) is 0 Å². The van der Waals surface area contributed by atoms with Gasteiger partial charge in [-0.05, 0) is 37.3 Å². The van der Waals surface area contributed by atoms with Gasteiger partial charge in [0.1, 0.15) is 5.41 Å². The van der Waals surface area contributed by atoms with E-state index in [1.54, 1.807) is 12.4 Å². The average Bonchev–Trinajstić information content (AvgIpc) is 3.21. The average molecular weight is 303 g/mol. The highest BCUT2D eigenvalue weighted by Gasteiger charge is 2.56. The molecule has 1 saturated heterocycles. The summed E-state index contributed by atoms with van der Waals surface area (Å²) in [5.41, 5.74) is 0.0484. The molecule has 1 aromatic rings. The van der Waals surface area contributed by atoms with Crippen LogP contribution in [0, 0.1) is 5.41 Å². The molecule has 22 heavy (non-hydrogen) atoms. The second-order valence-electron chi connectivity index (χ2n) is 5.97. The van der Waals surface area contributed by atoms with Gasteiger partial charge in [-0.3, -0.25) is 14.6 Å². The Labute approximate surface area is 129 Å². The number of pyridine rings is 1. The Morgan fingerprint density at radius 2 is 2.14 bits per heavy atom. The maximum absolute atomic E-state index is 12.3. The molecule has 1 aliphatic carbocycles. The van der Waals surface area contributed by atoms with Gasteiger partial charge in [-0.2, -0.15) is 0 Å². The molecular weight excluding hydrogens is 282 g/mol. The predicted octanol–water partition coefficient (Wildman–Crippen LogP) is 0.773. The lowest BCUT2D eigenvalue weighted by Crippen LogP contribution is -2.44. The van der Waals surface area contributed by atoms with Gasteiger partial charge in [0, 0.05) is 32.1 Å². The number of amides is 2. The molecule has 0 aromatic carbocycles. The Morgan fingerprint density at radius 1 is 1.32 bits per heavy atom. The zero-order valence-corrected chi connectivity index (χ0v) is 12.5. The fraction of sp³-hybridized carbons (Fsp3) is 0.562. The molecule has 2 amide bonds. The quantitative estimate of drug-likeness (QED) is 0.761. The zero-order chi connectivity index (χ0) is 15.4. The van der Waals surface area contributed by atoms with E-state index in [2.05, 4.69) is 15.6 Å². The first-order chi connectivity index (χ1) is 10.7. The zero-order valence-electron chi connectivity index (χ0n) is 12.5. The molecule has 6 nitrogen and oxygen atoms in total. The first kappa shape index (κ1) is 15.0. The molecule has 0 spiro atoms. The minimum Gasteiger partial charge on any atom is -0.376 e. The number of ether oxygens (including phenoxy) is 1. The number of hydrogen-bond donors (Lipinski definition) is 2. The second kappa shape index (κ2) is 6.44. The van der Waals surface area contributed by atoms with Crippen LogP contribution in [-0.2, 0) is 20.9 Å². The smallest absolute Gasteiger partial charge is 0.235 e. The molecule has 6 heteroatoms. The van der Waals surface area contributed by atoms with E-state index in [0.717, 1.165) is 25.0 Å². The van der Waals surface area contributed by atoms with Gasteiger partial charge in [-0.1, -0.05) is 6.07 Å². The standard InChI is InChI=1S/C16H21N3O3/c20-14(18-10-12-3-1-7-17-9-12)16(5-6-16)15(21)19-11-13-4-2-8-22-13/h1,3,7,9,13H,2,4-6,8,10-11H2,(H,18,20)(H,19,21). The number of nitrogens with zero attached hydrogens (tertiary/aromatic N) is 1. The van der Waals surface area contributed by atoms with Crippen LogP contribution >= 0.6 is 0 Å². The highest BCUT2D eigenvalue weighted by Crippen LogP contribution is 2.46. The number of carbonyl (C=O) groups is 2. The Balaban J connectivity index is 1.49. The minimum absolute atomic E-state index is 0.0956. The van der Waals surface area contributed by atoms with Gasteiger partial charge in [-0.15, -0.1) is 0 Å². The molecule has 1 aromatic heterocycles. The first-order valence-electron chi connectivity index (χ1n) is 7.78. The molecule has 3 rings (SSSR count). The van der Waals surface area contributed by atoms with Crippen molar-refractivity contribution >= 4 is 11.8 Å². The molecule has 2 N–H and O–H groups in total. The fourth-order valence-corrected chi connectivity index (χ4v) is 2.72. The Bertz CT molecular complexity index is 537. The van der Waals surface area contributed by atoms with Gasteiger partial charge in [0.15, 0.2) is 0 Å². The summed E-state index contributed by atoms with van der Waals surface area (Å²) >= 11 is 0. The van der Waals surface area contributed by atoms with Crippen LogP contribution < -0.4 is 10.6 Å². The van der Waals surface area contributed by atoms with E-state index in [-0.39, 0.29) is 17.9 Å². The molecule has 2 aliphatic rings. The summed E-state index contributed by atoms with van der Waals surface area (Å²) in [7, 11) is 0. The Hall–Kier alpha value is -1.95. The van der Waals surface area contributed by atoms with Crippen molar-refractivity contribution < 1.29 is 14.3 Å². The van der Waals surface area contributed by atoms with E-state index in [1.165, 1.54) is 0 Å². The molecular formula is C16H21N3O3. The SMILES string of the molecule is O=C(NCc1cccnc1)C1(C(=O)NCC2CCCO2)CC1. The van der Waals surface area contributed by atoms with E-state index in [1.807, 2.05) is 12.1 Å². The van der Waals surface area contributed by atoms with Gasteiger partial charge in [0.05, 0.1) is 6.10 Å². The van der Waals surface area contributed by atoms with Crippen LogP contribution in [0.5, 0.6) is 0 Å². The molecule has 0 bridgehead atoms. The molecule has 2 heterocycles. The fourth-order valence-electron chi connectivity index (χ4n) is 2.72. The van der Waals surface area contributed by atoms with E-state index in [0.29, 0.717) is 25.9 Å². The van der Waals surface area contributed by atoms with Gasteiger partial charge < -0.3 is 15.4 Å². The molecule has 1 aliphatic heterocycles. The topological polar surface area (TPSA) is 80.3 Å². The van der Waals surface area contributed by atoms with E-state index >= 15 is 0 Å². The summed E-state index contributed by atoms with van der Waals surface area (Å²) in [5, 5.41) is 5.71. The number of hydrogen-bond acceptors (Lipinski definition) is 4. The summed E-state index contributed by atoms with van der Waals surface area (Å²) in [6, 6.07) is 3.72. The van der Waals surface area contributed by atoms with Crippen molar-refractivity contribution in [3.63, 3.8) is 0 Å². The molecule has 1 unspecified atom stereocenters. The van der Waals surface area contributed by atoms with Gasteiger partial charge in [0.2, 0.25) is 11.8 Å². The molecule has 1 atom stereocenters. The first-order valence-corrected chi connectivity index (χ1v) is 7.78. The van der Waals surface area contributed by atoms with E-state index < -0.39 is 5.41 Å². The van der Waals surface area contributed by atoms with Crippen LogP contribution in [0.25, 0.3) is 0 Å². The van der Waals surface area contributed by atoms with Gasteiger partial charge in [0.25, 0.3) is 0 Å². The predicted molar refractivity (Wildman–Crippen MR) is 79.7 cm³/mol. The van der Waals surface area contributed by atoms with Crippen LogP contribution in [0.2, 0.25) is 0 Å². The highest BCUT2D eigenvalue weighted by atomic mass is 16.5. The van der Waals surface area contributed by atoms with Crippen molar-refractivity contribution in [1.29, 1.82) is 0 Å². The Morgan fingerprint density at radius 3 is 2.77 bits per heavy atom. The monoisotopic (exact) mass is 303 g/mol. The molecule has 0 radical (unpaired) electrons. The van der Waals surface area contributed by atoms with Crippen LogP contribution in [0.3, 0.4) is 0 Å². The normalized spacial score (nSPS) is 22.1. The van der Waals surface area contributed by atoms with Crippen molar-refractivity contribution in [2.24, 2.45) is 5.41 Å². The molecule has 1 saturated carbocycles. The summed E-state index contributed by atoms with van der Waals surface area (Å²) < 4.78 is 5.48. The molecule has 2 fully saturated rings. The highest BCUT2D eigenvalue weighted by molar-refractivity contribution is 6.07. The maximum Gasteiger partial charge on any atom is 0.235 e. The van der Waals surface area contributed by atoms with E-state index in [9.17, 15) is 9.59 Å². The lowest BCUT2D eigenvalue weighted by Gasteiger charge is -2.17. The lowest BCUT2D eigenvalue weighted by atomic mass is 10.0. The van der Waals surface area contributed by atoms with Crippen LogP contribution in [0.1, 0.15) is 31.2 Å². The van der Waals surface area contributed by atoms with Crippen LogP contribution in [-0.4, -0.2) is 36.1 Å². The van der Waals surface area contributed by atoms with Crippen molar-refractivity contribution in [1.82, 2.24) is 15.6 Å². The second-order valence-corrected chi connectivity index (χ2v) is 5.97. The van der Waals surface area contributed by atoms with Crippen molar-refractivity contribution in [2.75, 3.05) is 13.2 Å². The largest absolute Gasteiger partial charge is 0.376 e. The molecule has 118 valence electrons. The van der Waals surface area contributed by atoms with Crippen molar-refractivity contribution in [3.05, 3.63) is 30.1 Å². The third-order valence-electron chi connectivity index (χ3n) is 4.31. The van der Waals surface area contributed by atoms with Crippen molar-refractivity contribution in [2.45, 2.75) is 38.3 Å². The van der Waals surface area contributed by atoms with Crippen LogP contribution in [0.15, 0.2) is 24.5 Å². The maximum atomic E-state index is 12.3. The third-order valence-corrected chi connectivity index (χ3v) is 4.31. The number of rotatable bonds is 6. The Kier molecular flexibility index (Phi) is 4.38. The number of nitrogens with one attached hydrogen (secondary N) is 2.